The Balaban J connectivity index is 0.000000910. The number of aliphatic imine (C=N–C) groups is 2. The van der Waals surface area contributed by atoms with Crippen LogP contribution in [0.1, 0.15) is 194 Å². The van der Waals surface area contributed by atoms with E-state index in [4.69, 9.17) is 17.0 Å². The van der Waals surface area contributed by atoms with Crippen molar-refractivity contribution in [2.75, 3.05) is 0 Å². The maximum absolute atomic E-state index is 10.6. The second-order valence-electron chi connectivity index (χ2n) is 16.5. The first-order chi connectivity index (χ1) is 23.9. The van der Waals surface area contributed by atoms with Crippen molar-refractivity contribution in [3.8, 4) is 11.5 Å². The molecule has 0 amide bonds. The van der Waals surface area contributed by atoms with Crippen LogP contribution in [0.25, 0.3) is 0 Å². The third-order valence-corrected chi connectivity index (χ3v) is 8.68. The number of unbranched alkanes of at least 4 members (excludes halogenated alkanes) is 10. The number of phenols is 2. The number of hydrogen-bond donors (Lipinski definition) is 2. The molecule has 0 atom stereocenters. The standard InChI is InChI=1S/2C22H37NO.2ClH.Zr/c2*1-7-8-9-10-11-12-13-18-14-19(16-23-17(2)3)21(24)20(15-18)22(4,5)6;;;/h2*14-17,24H,7-13H2,1-6H3;2*1H;/q;;;;+2/p-2. The van der Waals surface area contributed by atoms with Crippen molar-refractivity contribution < 1.29 is 31.1 Å². The molecule has 0 radical (unpaired) electrons. The van der Waals surface area contributed by atoms with E-state index in [2.05, 4.69) is 117 Å². The first kappa shape index (κ1) is 49.8. The van der Waals surface area contributed by atoms with E-state index in [-0.39, 0.29) is 22.9 Å². The average Bonchev–Trinajstić information content (AvgIpc) is 3.03. The van der Waals surface area contributed by atoms with Crippen LogP contribution in [0.3, 0.4) is 0 Å². The summed E-state index contributed by atoms with van der Waals surface area (Å²) >= 11 is -0.826. The van der Waals surface area contributed by atoms with Crippen LogP contribution in [0.2, 0.25) is 0 Å². The summed E-state index contributed by atoms with van der Waals surface area (Å²) in [6.45, 7) is 25.6. The van der Waals surface area contributed by atoms with Gasteiger partial charge >= 0.3 is 37.9 Å². The summed E-state index contributed by atoms with van der Waals surface area (Å²) in [7, 11) is 9.87. The fourth-order valence-corrected chi connectivity index (χ4v) is 5.74. The van der Waals surface area contributed by atoms with Gasteiger partial charge in [-0.05, 0) is 87.5 Å². The van der Waals surface area contributed by atoms with Crippen LogP contribution in [0, 0.1) is 0 Å². The summed E-state index contributed by atoms with van der Waals surface area (Å²) < 4.78 is 0. The molecule has 0 aliphatic carbocycles. The zero-order valence-electron chi connectivity index (χ0n) is 34.6. The van der Waals surface area contributed by atoms with Gasteiger partial charge in [0.1, 0.15) is 11.5 Å². The molecule has 2 rings (SSSR count). The predicted octanol–water partition coefficient (Wildman–Crippen LogP) is 14.2. The van der Waals surface area contributed by atoms with Gasteiger partial charge < -0.3 is 10.2 Å². The van der Waals surface area contributed by atoms with Crippen LogP contribution in [0.5, 0.6) is 11.5 Å². The van der Waals surface area contributed by atoms with E-state index >= 15 is 0 Å². The number of hydrogen-bond acceptors (Lipinski definition) is 4. The first-order valence-corrected chi connectivity index (χ1v) is 26.0. The van der Waals surface area contributed by atoms with Crippen molar-refractivity contribution in [1.82, 2.24) is 0 Å². The molecule has 0 heterocycles. The van der Waals surface area contributed by atoms with E-state index in [0.717, 1.165) is 35.1 Å². The van der Waals surface area contributed by atoms with E-state index in [1.54, 1.807) is 0 Å². The molecule has 0 saturated carbocycles. The number of rotatable bonds is 18. The average molecular weight is 825 g/mol. The molecular formula is C44H74Cl2N2O2Zr. The molecule has 0 aliphatic heterocycles. The van der Waals surface area contributed by atoms with Crippen molar-refractivity contribution in [2.45, 2.75) is 196 Å². The van der Waals surface area contributed by atoms with Crippen molar-refractivity contribution in [1.29, 1.82) is 0 Å². The SMILES string of the molecule is CCCCCCCCc1cc(C=NC(C)C)c(O)c(C(C)(C)C)c1.CCCCCCCCc1cc(C=NC(C)C)c(O)c(C(C)(C)C)c1.[Cl][Zr][Cl]. The summed E-state index contributed by atoms with van der Waals surface area (Å²) in [6.07, 6.45) is 21.5. The van der Waals surface area contributed by atoms with Gasteiger partial charge in [-0.15, -0.1) is 0 Å². The molecule has 0 saturated heterocycles. The number of aryl methyl sites for hydroxylation is 2. The summed E-state index contributed by atoms with van der Waals surface area (Å²) in [5, 5.41) is 21.3. The molecule has 0 aliphatic rings. The van der Waals surface area contributed by atoms with Crippen LogP contribution < -0.4 is 0 Å². The van der Waals surface area contributed by atoms with Gasteiger partial charge in [0.2, 0.25) is 0 Å². The Labute approximate surface area is 333 Å². The number of aromatic hydroxyl groups is 2. The van der Waals surface area contributed by atoms with E-state index in [0.29, 0.717) is 11.5 Å². The Morgan fingerprint density at radius 2 is 0.863 bits per heavy atom. The Bertz CT molecular complexity index is 1180. The zero-order chi connectivity index (χ0) is 39.0. The third kappa shape index (κ3) is 22.6. The molecule has 0 aromatic heterocycles. The Hall–Kier alpha value is -1.16. The summed E-state index contributed by atoms with van der Waals surface area (Å²) in [4.78, 5) is 8.93. The first-order valence-electron chi connectivity index (χ1n) is 19.7. The van der Waals surface area contributed by atoms with E-state index in [1.807, 2.05) is 12.4 Å². The second kappa shape index (κ2) is 27.4. The maximum atomic E-state index is 10.6. The fraction of sp³-hybridized carbons (Fsp3) is 0.682. The van der Waals surface area contributed by atoms with Crippen LogP contribution in [0.15, 0.2) is 34.3 Å². The van der Waals surface area contributed by atoms with Crippen molar-refractivity contribution in [2.24, 2.45) is 9.98 Å². The molecule has 4 nitrogen and oxygen atoms in total. The molecule has 2 N–H and O–H groups in total. The van der Waals surface area contributed by atoms with Crippen LogP contribution in [-0.2, 0) is 44.5 Å². The molecule has 0 spiro atoms. The summed E-state index contributed by atoms with van der Waals surface area (Å²) in [5.74, 6) is 0.775. The van der Waals surface area contributed by atoms with Gasteiger partial charge in [0.25, 0.3) is 0 Å². The van der Waals surface area contributed by atoms with Crippen molar-refractivity contribution >= 4 is 29.5 Å². The van der Waals surface area contributed by atoms with Gasteiger partial charge in [-0.25, -0.2) is 0 Å². The quantitative estimate of drug-likeness (QED) is 0.116. The topological polar surface area (TPSA) is 65.2 Å². The Morgan fingerprint density at radius 1 is 0.569 bits per heavy atom. The summed E-state index contributed by atoms with van der Waals surface area (Å²) in [6, 6.07) is 9.09. The van der Waals surface area contributed by atoms with Gasteiger partial charge in [-0.3, -0.25) is 9.98 Å². The minimum atomic E-state index is -0.826. The molecule has 2 aromatic rings. The second-order valence-corrected chi connectivity index (χ2v) is 20.2. The third-order valence-electron chi connectivity index (χ3n) is 8.68. The van der Waals surface area contributed by atoms with E-state index in [9.17, 15) is 10.2 Å². The molecule has 0 bridgehead atoms. The van der Waals surface area contributed by atoms with Crippen molar-refractivity contribution in [3.63, 3.8) is 0 Å². The molecule has 2 aromatic carbocycles. The normalized spacial score (nSPS) is 12.0. The van der Waals surface area contributed by atoms with Crippen LogP contribution >= 0.6 is 17.0 Å². The van der Waals surface area contributed by atoms with Crippen molar-refractivity contribution in [3.05, 3.63) is 57.6 Å². The molecule has 0 fully saturated rings. The van der Waals surface area contributed by atoms with Gasteiger partial charge in [0.15, 0.2) is 0 Å². The Kier molecular flexibility index (Phi) is 26.8. The molecular weight excluding hydrogens is 751 g/mol. The van der Waals surface area contributed by atoms with E-state index < -0.39 is 20.8 Å². The summed E-state index contributed by atoms with van der Waals surface area (Å²) in [5.41, 5.74) is 6.27. The molecule has 7 heteroatoms. The predicted molar refractivity (Wildman–Crippen MR) is 225 cm³/mol. The number of benzene rings is 2. The van der Waals surface area contributed by atoms with Gasteiger partial charge in [-0.1, -0.05) is 132 Å². The fourth-order valence-electron chi connectivity index (χ4n) is 5.74. The zero-order valence-corrected chi connectivity index (χ0v) is 38.5. The molecule has 51 heavy (non-hydrogen) atoms. The van der Waals surface area contributed by atoms with Gasteiger partial charge in [0.05, 0.1) is 0 Å². The number of nitrogens with zero attached hydrogens (tertiary/aromatic N) is 2. The van der Waals surface area contributed by atoms with Crippen LogP contribution in [-0.4, -0.2) is 34.7 Å². The Morgan fingerprint density at radius 3 is 1.14 bits per heavy atom. The molecule has 0 unspecified atom stereocenters. The van der Waals surface area contributed by atoms with Gasteiger partial charge in [0, 0.05) is 46.8 Å². The monoisotopic (exact) mass is 822 g/mol. The van der Waals surface area contributed by atoms with Crippen LogP contribution in [0.4, 0.5) is 0 Å². The number of halogens is 2. The number of phenolic OH excluding ortho intramolecular Hbond substituents is 2. The molecule has 290 valence electrons. The minimum absolute atomic E-state index is 0.0678. The van der Waals surface area contributed by atoms with Gasteiger partial charge in [-0.2, -0.15) is 0 Å². The van der Waals surface area contributed by atoms with E-state index in [1.165, 1.54) is 88.2 Å².